The second kappa shape index (κ2) is 7.22. The minimum absolute atomic E-state index is 0.0236. The highest BCUT2D eigenvalue weighted by molar-refractivity contribution is 6.82. The Morgan fingerprint density at radius 3 is 2.38 bits per heavy atom. The quantitative estimate of drug-likeness (QED) is 0.210. The van der Waals surface area contributed by atoms with Crippen molar-refractivity contribution >= 4 is 67.6 Å². The van der Waals surface area contributed by atoms with E-state index in [1.165, 1.54) is 49.8 Å². The van der Waals surface area contributed by atoms with Crippen molar-refractivity contribution in [2.24, 2.45) is 0 Å². The Kier molecular flexibility index (Phi) is 3.73. The maximum atomic E-state index is 6.09. The number of anilines is 2. The van der Waals surface area contributed by atoms with Crippen molar-refractivity contribution in [3.63, 3.8) is 0 Å². The first-order valence-corrected chi connectivity index (χ1v) is 13.7. The van der Waals surface area contributed by atoms with E-state index in [-0.39, 0.29) is 6.98 Å². The van der Waals surface area contributed by atoms with Crippen molar-refractivity contribution < 1.29 is 4.42 Å². The maximum Gasteiger partial charge on any atom is 0.423 e. The third-order valence-electron chi connectivity index (χ3n) is 8.80. The number of nitrogens with zero attached hydrogens (tertiary/aromatic N) is 3. The van der Waals surface area contributed by atoms with Crippen molar-refractivity contribution in [1.82, 2.24) is 9.46 Å². The first-order chi connectivity index (χ1) is 19.8. The van der Waals surface area contributed by atoms with Crippen LogP contribution in [0.3, 0.4) is 0 Å². The third-order valence-corrected chi connectivity index (χ3v) is 8.80. The van der Waals surface area contributed by atoms with E-state index in [2.05, 4.69) is 112 Å². The van der Waals surface area contributed by atoms with E-state index in [1.807, 2.05) is 18.3 Å². The van der Waals surface area contributed by atoms with Crippen molar-refractivity contribution in [3.8, 4) is 22.4 Å². The van der Waals surface area contributed by atoms with Crippen LogP contribution in [0.2, 0.25) is 0 Å². The normalized spacial score (nSPS) is 13.4. The molecule has 0 radical (unpaired) electrons. The van der Waals surface area contributed by atoms with Crippen LogP contribution >= 0.6 is 0 Å². The van der Waals surface area contributed by atoms with Crippen molar-refractivity contribution in [3.05, 3.63) is 121 Å². The van der Waals surface area contributed by atoms with Gasteiger partial charge in [-0.05, 0) is 65.1 Å². The molecule has 0 saturated heterocycles. The van der Waals surface area contributed by atoms with Gasteiger partial charge >= 0.3 is 6.98 Å². The second-order valence-corrected chi connectivity index (χ2v) is 10.8. The van der Waals surface area contributed by atoms with Gasteiger partial charge in [0.1, 0.15) is 11.2 Å². The summed E-state index contributed by atoms with van der Waals surface area (Å²) in [4.78, 5) is 7.48. The molecule has 0 amide bonds. The molecule has 2 aliphatic heterocycles. The Morgan fingerprint density at radius 1 is 0.600 bits per heavy atom. The topological polar surface area (TPSA) is 34.2 Å². The number of aromatic nitrogens is 2. The highest BCUT2D eigenvalue weighted by Crippen LogP contribution is 2.49. The molecule has 184 valence electrons. The molecule has 8 aromatic rings. The van der Waals surface area contributed by atoms with Gasteiger partial charge in [0, 0.05) is 44.5 Å². The summed E-state index contributed by atoms with van der Waals surface area (Å²) < 4.78 is 8.60. The van der Waals surface area contributed by atoms with E-state index in [9.17, 15) is 0 Å². The molecule has 3 aromatic heterocycles. The Morgan fingerprint density at radius 2 is 1.40 bits per heavy atom. The van der Waals surface area contributed by atoms with Gasteiger partial charge in [0.15, 0.2) is 0 Å². The molecule has 40 heavy (non-hydrogen) atoms. The van der Waals surface area contributed by atoms with Gasteiger partial charge in [-0.3, -0.25) is 4.98 Å². The van der Waals surface area contributed by atoms with Crippen LogP contribution in [0.25, 0.3) is 66.1 Å². The van der Waals surface area contributed by atoms with Crippen LogP contribution < -0.4 is 10.3 Å². The lowest BCUT2D eigenvalue weighted by Gasteiger charge is -2.34. The van der Waals surface area contributed by atoms with Gasteiger partial charge in [-0.1, -0.05) is 66.7 Å². The fourth-order valence-corrected chi connectivity index (χ4v) is 7.14. The number of para-hydroxylation sites is 3. The molecule has 0 saturated carbocycles. The van der Waals surface area contributed by atoms with Gasteiger partial charge in [0.25, 0.3) is 0 Å². The summed E-state index contributed by atoms with van der Waals surface area (Å²) in [6.45, 7) is 0.0236. The zero-order valence-corrected chi connectivity index (χ0v) is 21.4. The molecular weight excluding hydrogens is 489 g/mol. The SMILES string of the molecule is c1cnc2c(c1)B1N(c3ccc(-c4ccc5oc6ccccc6c5c4)cc3-2)c2cccc3c4ccccc4n1c23. The van der Waals surface area contributed by atoms with E-state index in [0.29, 0.717) is 0 Å². The lowest BCUT2D eigenvalue weighted by molar-refractivity contribution is 0.669. The zero-order chi connectivity index (χ0) is 25.9. The van der Waals surface area contributed by atoms with E-state index >= 15 is 0 Å². The highest BCUT2D eigenvalue weighted by atomic mass is 16.3. The maximum absolute atomic E-state index is 6.09. The van der Waals surface area contributed by atoms with Gasteiger partial charge < -0.3 is 13.7 Å². The summed E-state index contributed by atoms with van der Waals surface area (Å²) in [6, 6.07) is 41.3. The van der Waals surface area contributed by atoms with Gasteiger partial charge in [-0.25, -0.2) is 0 Å². The van der Waals surface area contributed by atoms with Crippen molar-refractivity contribution in [2.75, 3.05) is 4.81 Å². The van der Waals surface area contributed by atoms with Gasteiger partial charge in [0.2, 0.25) is 0 Å². The first-order valence-electron chi connectivity index (χ1n) is 13.7. The predicted octanol–water partition coefficient (Wildman–Crippen LogP) is 8.13. The predicted molar refractivity (Wildman–Crippen MR) is 165 cm³/mol. The molecule has 0 atom stereocenters. The Balaban J connectivity index is 1.23. The number of hydrogen-bond acceptors (Lipinski definition) is 3. The summed E-state index contributed by atoms with van der Waals surface area (Å²) in [5, 5.41) is 4.88. The molecule has 0 bridgehead atoms. The van der Waals surface area contributed by atoms with Crippen LogP contribution in [0.1, 0.15) is 0 Å². The highest BCUT2D eigenvalue weighted by Gasteiger charge is 2.45. The smallest absolute Gasteiger partial charge is 0.423 e. The van der Waals surface area contributed by atoms with E-state index in [4.69, 9.17) is 9.40 Å². The number of hydrogen-bond donors (Lipinski definition) is 0. The van der Waals surface area contributed by atoms with Gasteiger partial charge in [0.05, 0.1) is 16.9 Å². The van der Waals surface area contributed by atoms with Crippen molar-refractivity contribution in [2.45, 2.75) is 0 Å². The summed E-state index contributed by atoms with van der Waals surface area (Å²) in [7, 11) is 0. The van der Waals surface area contributed by atoms with Gasteiger partial charge in [-0.15, -0.1) is 0 Å². The monoisotopic (exact) mass is 509 g/mol. The molecule has 5 heterocycles. The average Bonchev–Trinajstić information content (AvgIpc) is 3.68. The summed E-state index contributed by atoms with van der Waals surface area (Å²) >= 11 is 0. The molecule has 10 rings (SSSR count). The Bertz CT molecular complexity index is 2370. The van der Waals surface area contributed by atoms with Gasteiger partial charge in [-0.2, -0.15) is 0 Å². The largest absolute Gasteiger partial charge is 0.456 e. The van der Waals surface area contributed by atoms with Crippen LogP contribution in [0.4, 0.5) is 11.4 Å². The number of rotatable bonds is 1. The van der Waals surface area contributed by atoms with E-state index in [1.54, 1.807) is 0 Å². The molecule has 0 unspecified atom stereocenters. The third kappa shape index (κ3) is 2.46. The fraction of sp³-hybridized carbons (Fsp3) is 0. The molecule has 5 heteroatoms. The molecule has 5 aromatic carbocycles. The van der Waals surface area contributed by atoms with Crippen LogP contribution in [0, 0.1) is 0 Å². The van der Waals surface area contributed by atoms with E-state index < -0.39 is 0 Å². The lowest BCUT2D eigenvalue weighted by Crippen LogP contribution is -2.51. The zero-order valence-electron chi connectivity index (χ0n) is 21.4. The molecular formula is C35H20BN3O. The standard InChI is InChI=1S/C35H20BN3O/c1-3-11-29-23(7-1)25-9-5-12-31-35(25)39(29)36-28-10-6-18-37-34(28)27-20-21(14-16-30(27)38(31)36)22-15-17-33-26(19-22)24-8-2-4-13-32(24)40-33/h1-20H. The van der Waals surface area contributed by atoms with Crippen molar-refractivity contribution in [1.29, 1.82) is 0 Å². The number of furan rings is 1. The van der Waals surface area contributed by atoms with E-state index in [0.717, 1.165) is 33.2 Å². The summed E-state index contributed by atoms with van der Waals surface area (Å²) in [5.41, 5.74) is 12.6. The number of fused-ring (bicyclic) bond motifs is 14. The minimum atomic E-state index is 0.0236. The van der Waals surface area contributed by atoms with Crippen LogP contribution in [-0.2, 0) is 0 Å². The molecule has 2 aliphatic rings. The Hall–Kier alpha value is -5.29. The number of benzene rings is 5. The second-order valence-electron chi connectivity index (χ2n) is 10.8. The summed E-state index contributed by atoms with van der Waals surface area (Å²) in [6.07, 6.45) is 1.92. The van der Waals surface area contributed by atoms with Crippen LogP contribution in [0.15, 0.2) is 126 Å². The first kappa shape index (κ1) is 20.6. The molecule has 0 aliphatic carbocycles. The fourth-order valence-electron chi connectivity index (χ4n) is 7.14. The lowest BCUT2D eigenvalue weighted by atomic mass is 9.61. The summed E-state index contributed by atoms with van der Waals surface area (Å²) in [5.74, 6) is 0. The molecule has 0 N–H and O–H groups in total. The minimum Gasteiger partial charge on any atom is -0.456 e. The van der Waals surface area contributed by atoms with Crippen LogP contribution in [0.5, 0.6) is 0 Å². The average molecular weight is 509 g/mol. The van der Waals surface area contributed by atoms with Crippen LogP contribution in [-0.4, -0.2) is 16.4 Å². The molecule has 0 fully saturated rings. The Labute approximate surface area is 229 Å². The number of pyridine rings is 1. The molecule has 4 nitrogen and oxygen atoms in total. The molecule has 0 spiro atoms.